The Bertz CT molecular complexity index is 1290. The number of fused-ring (bicyclic) bond motifs is 1. The molecule has 0 bridgehead atoms. The van der Waals surface area contributed by atoms with Gasteiger partial charge in [-0.05, 0) is 64.4 Å². The standard InChI is InChI=1S/C27H32N6O/c1-2-20-13-14-25-22(15-20)16-23(27(34)28-25)18-32(24-11-7-4-8-12-24)19-26-29-30-31-33(26)17-21-9-5-3-6-10-21/h3,5-6,9-10,13-16,24H,2,4,7-8,11-12,17-19H2,1H3,(H,28,34). The number of aromatic nitrogens is 5. The van der Waals surface area contributed by atoms with Crippen LogP contribution in [0.1, 0.15) is 61.5 Å². The lowest BCUT2D eigenvalue weighted by atomic mass is 9.93. The number of H-pyrrole nitrogens is 1. The molecule has 4 aromatic rings. The molecule has 176 valence electrons. The van der Waals surface area contributed by atoms with Crippen LogP contribution in [0.2, 0.25) is 0 Å². The minimum absolute atomic E-state index is 0.0126. The Morgan fingerprint density at radius 1 is 1.00 bits per heavy atom. The number of aromatic amines is 1. The van der Waals surface area contributed by atoms with Gasteiger partial charge in [-0.1, -0.05) is 62.6 Å². The largest absolute Gasteiger partial charge is 0.322 e. The van der Waals surface area contributed by atoms with Crippen molar-refractivity contribution in [2.24, 2.45) is 0 Å². The van der Waals surface area contributed by atoms with Crippen LogP contribution in [0.4, 0.5) is 0 Å². The van der Waals surface area contributed by atoms with E-state index in [9.17, 15) is 4.79 Å². The Balaban J connectivity index is 1.43. The van der Waals surface area contributed by atoms with Crippen molar-refractivity contribution in [1.82, 2.24) is 30.1 Å². The number of nitrogens with one attached hydrogen (secondary N) is 1. The number of pyridine rings is 1. The highest BCUT2D eigenvalue weighted by Gasteiger charge is 2.24. The molecule has 2 heterocycles. The topological polar surface area (TPSA) is 79.7 Å². The molecule has 7 heteroatoms. The minimum atomic E-state index is -0.0126. The van der Waals surface area contributed by atoms with Gasteiger partial charge in [0, 0.05) is 23.7 Å². The molecule has 2 aromatic heterocycles. The molecule has 7 nitrogen and oxygen atoms in total. The van der Waals surface area contributed by atoms with Gasteiger partial charge in [-0.3, -0.25) is 9.69 Å². The maximum Gasteiger partial charge on any atom is 0.252 e. The zero-order valence-electron chi connectivity index (χ0n) is 19.8. The van der Waals surface area contributed by atoms with Crippen molar-refractivity contribution in [2.45, 2.75) is 71.1 Å². The molecular formula is C27H32N6O. The van der Waals surface area contributed by atoms with E-state index < -0.39 is 0 Å². The number of aryl methyl sites for hydroxylation is 1. The highest BCUT2D eigenvalue weighted by molar-refractivity contribution is 5.79. The summed E-state index contributed by atoms with van der Waals surface area (Å²) in [4.78, 5) is 18.5. The second kappa shape index (κ2) is 10.3. The number of benzene rings is 2. The van der Waals surface area contributed by atoms with Crippen molar-refractivity contribution in [2.75, 3.05) is 0 Å². The molecule has 5 rings (SSSR count). The number of tetrazole rings is 1. The minimum Gasteiger partial charge on any atom is -0.322 e. The van der Waals surface area contributed by atoms with E-state index in [4.69, 9.17) is 0 Å². The van der Waals surface area contributed by atoms with E-state index in [2.05, 4.69) is 62.7 Å². The molecule has 1 saturated carbocycles. The Morgan fingerprint density at radius 3 is 2.62 bits per heavy atom. The molecule has 0 unspecified atom stereocenters. The van der Waals surface area contributed by atoms with Crippen LogP contribution in [0.25, 0.3) is 10.9 Å². The lowest BCUT2D eigenvalue weighted by Gasteiger charge is -2.33. The summed E-state index contributed by atoms with van der Waals surface area (Å²) < 4.78 is 1.88. The van der Waals surface area contributed by atoms with E-state index in [1.54, 1.807) is 0 Å². The van der Waals surface area contributed by atoms with Crippen LogP contribution in [0.5, 0.6) is 0 Å². The van der Waals surface area contributed by atoms with Crippen LogP contribution in [-0.2, 0) is 26.1 Å². The smallest absolute Gasteiger partial charge is 0.252 e. The van der Waals surface area contributed by atoms with Gasteiger partial charge in [0.25, 0.3) is 5.56 Å². The fourth-order valence-electron chi connectivity index (χ4n) is 5.02. The molecular weight excluding hydrogens is 424 g/mol. The van der Waals surface area contributed by atoms with Crippen LogP contribution in [0, 0.1) is 0 Å². The first-order chi connectivity index (χ1) is 16.7. The lowest BCUT2D eigenvalue weighted by Crippen LogP contribution is -2.38. The summed E-state index contributed by atoms with van der Waals surface area (Å²) in [7, 11) is 0. The summed E-state index contributed by atoms with van der Waals surface area (Å²) in [5.41, 5.74) is 4.12. The monoisotopic (exact) mass is 456 g/mol. The average molecular weight is 457 g/mol. The summed E-state index contributed by atoms with van der Waals surface area (Å²) in [6, 6.07) is 19.0. The number of hydrogen-bond donors (Lipinski definition) is 1. The number of nitrogens with zero attached hydrogens (tertiary/aromatic N) is 5. The Morgan fingerprint density at radius 2 is 1.82 bits per heavy atom. The predicted molar refractivity (Wildman–Crippen MR) is 133 cm³/mol. The van der Waals surface area contributed by atoms with Gasteiger partial charge in [-0.2, -0.15) is 0 Å². The van der Waals surface area contributed by atoms with Gasteiger partial charge in [0.1, 0.15) is 0 Å². The molecule has 34 heavy (non-hydrogen) atoms. The SMILES string of the molecule is CCc1ccc2[nH]c(=O)c(CN(Cc3nnnn3Cc3ccccc3)C3CCCCC3)cc2c1. The molecule has 0 radical (unpaired) electrons. The van der Waals surface area contributed by atoms with Crippen LogP contribution >= 0.6 is 0 Å². The first-order valence-electron chi connectivity index (χ1n) is 12.4. The van der Waals surface area contributed by atoms with Crippen molar-refractivity contribution in [3.8, 4) is 0 Å². The van der Waals surface area contributed by atoms with Gasteiger partial charge in [0.15, 0.2) is 5.82 Å². The van der Waals surface area contributed by atoms with Crippen molar-refractivity contribution >= 4 is 10.9 Å². The molecule has 0 saturated heterocycles. The van der Waals surface area contributed by atoms with Crippen molar-refractivity contribution < 1.29 is 0 Å². The lowest BCUT2D eigenvalue weighted by molar-refractivity contribution is 0.134. The summed E-state index contributed by atoms with van der Waals surface area (Å²) in [5, 5.41) is 13.7. The molecule has 1 fully saturated rings. The average Bonchev–Trinajstić information content (AvgIpc) is 3.31. The van der Waals surface area contributed by atoms with Gasteiger partial charge in [-0.15, -0.1) is 5.10 Å². The molecule has 0 aliphatic heterocycles. The molecule has 1 aliphatic rings. The summed E-state index contributed by atoms with van der Waals surface area (Å²) in [6.45, 7) is 4.00. The van der Waals surface area contributed by atoms with E-state index in [-0.39, 0.29) is 5.56 Å². The van der Waals surface area contributed by atoms with Crippen LogP contribution < -0.4 is 5.56 Å². The predicted octanol–water partition coefficient (Wildman–Crippen LogP) is 4.46. The molecule has 2 aromatic carbocycles. The third-order valence-corrected chi connectivity index (χ3v) is 6.98. The number of rotatable bonds is 8. The van der Waals surface area contributed by atoms with Crippen molar-refractivity contribution in [3.05, 3.63) is 87.5 Å². The third-order valence-electron chi connectivity index (χ3n) is 6.98. The molecule has 1 aliphatic carbocycles. The van der Waals surface area contributed by atoms with E-state index in [0.717, 1.165) is 47.1 Å². The Labute approximate surface area is 199 Å². The highest BCUT2D eigenvalue weighted by Crippen LogP contribution is 2.25. The highest BCUT2D eigenvalue weighted by atomic mass is 16.1. The van der Waals surface area contributed by atoms with Crippen LogP contribution in [-0.4, -0.2) is 36.1 Å². The Kier molecular flexibility index (Phi) is 6.81. The van der Waals surface area contributed by atoms with Gasteiger partial charge in [0.05, 0.1) is 13.1 Å². The third kappa shape index (κ3) is 5.09. The molecule has 0 atom stereocenters. The van der Waals surface area contributed by atoms with Gasteiger partial charge >= 0.3 is 0 Å². The summed E-state index contributed by atoms with van der Waals surface area (Å²) in [6.07, 6.45) is 7.00. The van der Waals surface area contributed by atoms with Gasteiger partial charge in [-0.25, -0.2) is 4.68 Å². The first-order valence-corrected chi connectivity index (χ1v) is 12.4. The first kappa shape index (κ1) is 22.5. The van der Waals surface area contributed by atoms with Gasteiger partial charge in [0.2, 0.25) is 0 Å². The van der Waals surface area contributed by atoms with Crippen molar-refractivity contribution in [3.63, 3.8) is 0 Å². The van der Waals surface area contributed by atoms with E-state index >= 15 is 0 Å². The fourth-order valence-corrected chi connectivity index (χ4v) is 5.02. The van der Waals surface area contributed by atoms with Crippen LogP contribution in [0.3, 0.4) is 0 Å². The second-order valence-corrected chi connectivity index (χ2v) is 9.33. The van der Waals surface area contributed by atoms with Gasteiger partial charge < -0.3 is 4.98 Å². The normalized spacial score (nSPS) is 14.8. The zero-order valence-corrected chi connectivity index (χ0v) is 19.8. The van der Waals surface area contributed by atoms with E-state index in [0.29, 0.717) is 25.7 Å². The number of hydrogen-bond acceptors (Lipinski definition) is 5. The maximum absolute atomic E-state index is 13.0. The summed E-state index contributed by atoms with van der Waals surface area (Å²) in [5.74, 6) is 0.833. The zero-order chi connectivity index (χ0) is 23.3. The van der Waals surface area contributed by atoms with E-state index in [1.807, 2.05) is 28.9 Å². The second-order valence-electron chi connectivity index (χ2n) is 9.33. The Hall–Kier alpha value is -3.32. The molecule has 0 amide bonds. The molecule has 0 spiro atoms. The fraction of sp³-hybridized carbons (Fsp3) is 0.407. The molecule has 1 N–H and O–H groups in total. The van der Waals surface area contributed by atoms with Crippen LogP contribution in [0.15, 0.2) is 59.4 Å². The van der Waals surface area contributed by atoms with Crippen molar-refractivity contribution in [1.29, 1.82) is 0 Å². The van der Waals surface area contributed by atoms with E-state index in [1.165, 1.54) is 24.8 Å². The summed E-state index contributed by atoms with van der Waals surface area (Å²) >= 11 is 0. The quantitative estimate of drug-likeness (QED) is 0.423. The maximum atomic E-state index is 13.0.